The minimum Gasteiger partial charge on any atom is -0.298 e. The van der Waals surface area contributed by atoms with Gasteiger partial charge in [0, 0.05) is 37.1 Å². The molecule has 0 aromatic carbocycles. The van der Waals surface area contributed by atoms with Crippen molar-refractivity contribution in [1.29, 1.82) is 0 Å². The van der Waals surface area contributed by atoms with Crippen LogP contribution in [-0.4, -0.2) is 33.2 Å². The van der Waals surface area contributed by atoms with Gasteiger partial charge in [-0.2, -0.15) is 18.3 Å². The summed E-state index contributed by atoms with van der Waals surface area (Å²) in [5, 5.41) is 5.95. The number of H-pyrrole nitrogens is 1. The van der Waals surface area contributed by atoms with E-state index in [-0.39, 0.29) is 5.92 Å². The smallest absolute Gasteiger partial charge is 0.298 e. The number of aromatic amines is 1. The van der Waals surface area contributed by atoms with Crippen molar-refractivity contribution in [2.24, 2.45) is 0 Å². The van der Waals surface area contributed by atoms with E-state index in [1.165, 1.54) is 0 Å². The van der Waals surface area contributed by atoms with Gasteiger partial charge < -0.3 is 0 Å². The van der Waals surface area contributed by atoms with E-state index in [1.54, 1.807) is 6.20 Å². The molecule has 0 saturated carbocycles. The van der Waals surface area contributed by atoms with E-state index in [0.29, 0.717) is 5.69 Å². The molecule has 3 rings (SSSR count). The molecule has 1 saturated heterocycles. The quantitative estimate of drug-likeness (QED) is 0.947. The van der Waals surface area contributed by atoms with Gasteiger partial charge in [0.1, 0.15) is 0 Å². The Labute approximate surface area is 126 Å². The van der Waals surface area contributed by atoms with Crippen LogP contribution in [0.25, 0.3) is 0 Å². The fourth-order valence-electron chi connectivity index (χ4n) is 2.89. The molecule has 0 amide bonds. The van der Waals surface area contributed by atoms with Crippen LogP contribution in [0.15, 0.2) is 30.6 Å². The molecule has 1 fully saturated rings. The van der Waals surface area contributed by atoms with Crippen molar-refractivity contribution in [2.75, 3.05) is 13.1 Å². The molecular weight excluding hydrogens is 293 g/mol. The molecule has 0 aliphatic carbocycles. The molecule has 1 N–H and O–H groups in total. The number of nitrogens with one attached hydrogen (secondary N) is 1. The van der Waals surface area contributed by atoms with E-state index in [2.05, 4.69) is 20.1 Å². The molecule has 2 aromatic rings. The first-order valence-electron chi connectivity index (χ1n) is 7.26. The van der Waals surface area contributed by atoms with Gasteiger partial charge in [-0.25, -0.2) is 0 Å². The van der Waals surface area contributed by atoms with Crippen molar-refractivity contribution >= 4 is 0 Å². The summed E-state index contributed by atoms with van der Waals surface area (Å²) in [6.07, 6.45) is 1.00. The predicted molar refractivity (Wildman–Crippen MR) is 75.1 cm³/mol. The highest BCUT2D eigenvalue weighted by atomic mass is 19.4. The fraction of sp³-hybridized carbons (Fsp3) is 0.467. The Bertz CT molecular complexity index is 609. The Balaban J connectivity index is 1.67. The average Bonchev–Trinajstić information content (AvgIpc) is 2.99. The summed E-state index contributed by atoms with van der Waals surface area (Å²) < 4.78 is 37.9. The van der Waals surface area contributed by atoms with Crippen LogP contribution in [0.5, 0.6) is 0 Å². The molecule has 118 valence electrons. The first kappa shape index (κ1) is 15.0. The largest absolute Gasteiger partial charge is 0.435 e. The summed E-state index contributed by atoms with van der Waals surface area (Å²) >= 11 is 0. The van der Waals surface area contributed by atoms with Crippen LogP contribution in [0.4, 0.5) is 13.2 Å². The first-order chi connectivity index (χ1) is 10.5. The Morgan fingerprint density at radius 2 is 2.23 bits per heavy atom. The standard InChI is InChI=1S/C15H17F3N4/c16-15(17,18)14-7-13(20-21-14)12-4-2-6-22(10-12)9-11-3-1-5-19-8-11/h1,3,5,7-8,12H,2,4,6,9-10H2,(H,20,21)/t12-/m0/s1. The van der Waals surface area contributed by atoms with Gasteiger partial charge in [0.05, 0.1) is 0 Å². The second-order valence-electron chi connectivity index (χ2n) is 5.64. The van der Waals surface area contributed by atoms with Crippen LogP contribution >= 0.6 is 0 Å². The zero-order valence-corrected chi connectivity index (χ0v) is 12.0. The van der Waals surface area contributed by atoms with Crippen molar-refractivity contribution in [3.05, 3.63) is 47.5 Å². The lowest BCUT2D eigenvalue weighted by molar-refractivity contribution is -0.141. The normalized spacial score (nSPS) is 20.2. The van der Waals surface area contributed by atoms with Gasteiger partial charge >= 0.3 is 6.18 Å². The maximum atomic E-state index is 12.6. The number of nitrogens with zero attached hydrogens (tertiary/aromatic N) is 3. The van der Waals surface area contributed by atoms with Gasteiger partial charge in [-0.1, -0.05) is 6.07 Å². The average molecular weight is 310 g/mol. The molecule has 7 heteroatoms. The van der Waals surface area contributed by atoms with Crippen molar-refractivity contribution in [3.8, 4) is 0 Å². The Morgan fingerprint density at radius 3 is 2.91 bits per heavy atom. The lowest BCUT2D eigenvalue weighted by Crippen LogP contribution is -2.34. The number of halogens is 3. The molecule has 1 atom stereocenters. The van der Waals surface area contributed by atoms with Gasteiger partial charge in [-0.3, -0.25) is 15.0 Å². The van der Waals surface area contributed by atoms with Crippen LogP contribution in [0.1, 0.15) is 35.7 Å². The lowest BCUT2D eigenvalue weighted by atomic mass is 9.94. The van der Waals surface area contributed by atoms with Gasteiger partial charge in [0.15, 0.2) is 5.69 Å². The first-order valence-corrected chi connectivity index (χ1v) is 7.26. The summed E-state index contributed by atoms with van der Waals surface area (Å²) in [5.41, 5.74) is 0.846. The molecule has 0 spiro atoms. The number of likely N-dealkylation sites (tertiary alicyclic amines) is 1. The van der Waals surface area contributed by atoms with Crippen molar-refractivity contribution < 1.29 is 13.2 Å². The summed E-state index contributed by atoms with van der Waals surface area (Å²) in [5.74, 6) is 0.0639. The van der Waals surface area contributed by atoms with Crippen LogP contribution in [0.3, 0.4) is 0 Å². The van der Waals surface area contributed by atoms with E-state index >= 15 is 0 Å². The lowest BCUT2D eigenvalue weighted by Gasteiger charge is -2.32. The monoisotopic (exact) mass is 310 g/mol. The molecule has 1 aliphatic rings. The van der Waals surface area contributed by atoms with Gasteiger partial charge in [-0.05, 0) is 37.1 Å². The van der Waals surface area contributed by atoms with Crippen molar-refractivity contribution in [2.45, 2.75) is 31.5 Å². The molecule has 0 bridgehead atoms. The molecule has 4 nitrogen and oxygen atoms in total. The van der Waals surface area contributed by atoms with Crippen LogP contribution < -0.4 is 0 Å². The van der Waals surface area contributed by atoms with E-state index in [1.807, 2.05) is 18.3 Å². The van der Waals surface area contributed by atoms with Gasteiger partial charge in [0.2, 0.25) is 0 Å². The Morgan fingerprint density at radius 1 is 1.36 bits per heavy atom. The SMILES string of the molecule is FC(F)(F)c1cc([C@H]2CCCN(Cc3cccnc3)C2)[nH]n1. The third-order valence-corrected chi connectivity index (χ3v) is 3.96. The number of alkyl halides is 3. The second-order valence-corrected chi connectivity index (χ2v) is 5.64. The summed E-state index contributed by atoms with van der Waals surface area (Å²) in [7, 11) is 0. The maximum absolute atomic E-state index is 12.6. The van der Waals surface area contributed by atoms with Gasteiger partial charge in [0.25, 0.3) is 0 Å². The molecular formula is C15H17F3N4. The highest BCUT2D eigenvalue weighted by Crippen LogP contribution is 2.32. The van der Waals surface area contributed by atoms with Crippen molar-refractivity contribution in [1.82, 2.24) is 20.1 Å². The number of pyridine rings is 1. The van der Waals surface area contributed by atoms with E-state index in [0.717, 1.165) is 44.1 Å². The number of rotatable bonds is 3. The third-order valence-electron chi connectivity index (χ3n) is 3.96. The molecule has 2 aromatic heterocycles. The summed E-state index contributed by atoms with van der Waals surface area (Å²) in [6.45, 7) is 2.45. The number of hydrogen-bond donors (Lipinski definition) is 1. The van der Waals surface area contributed by atoms with E-state index in [4.69, 9.17) is 0 Å². The van der Waals surface area contributed by atoms with Gasteiger partial charge in [-0.15, -0.1) is 0 Å². The molecule has 1 aliphatic heterocycles. The van der Waals surface area contributed by atoms with Crippen LogP contribution in [-0.2, 0) is 12.7 Å². The maximum Gasteiger partial charge on any atom is 0.435 e. The second kappa shape index (κ2) is 6.08. The number of aromatic nitrogens is 3. The molecule has 0 unspecified atom stereocenters. The van der Waals surface area contributed by atoms with E-state index < -0.39 is 11.9 Å². The van der Waals surface area contributed by atoms with Crippen molar-refractivity contribution in [3.63, 3.8) is 0 Å². The van der Waals surface area contributed by atoms with Crippen LogP contribution in [0.2, 0.25) is 0 Å². The minimum atomic E-state index is -4.39. The summed E-state index contributed by atoms with van der Waals surface area (Å²) in [6, 6.07) is 5.04. The number of hydrogen-bond acceptors (Lipinski definition) is 3. The highest BCUT2D eigenvalue weighted by molar-refractivity contribution is 5.17. The Hall–Kier alpha value is -1.89. The number of piperidine rings is 1. The molecule has 22 heavy (non-hydrogen) atoms. The zero-order valence-electron chi connectivity index (χ0n) is 12.0. The third kappa shape index (κ3) is 3.47. The highest BCUT2D eigenvalue weighted by Gasteiger charge is 2.35. The topological polar surface area (TPSA) is 44.8 Å². The van der Waals surface area contributed by atoms with Crippen LogP contribution in [0, 0.1) is 0 Å². The summed E-state index contributed by atoms with van der Waals surface area (Å²) in [4.78, 5) is 6.34. The predicted octanol–water partition coefficient (Wildman–Crippen LogP) is 3.20. The Kier molecular flexibility index (Phi) is 4.15. The minimum absolute atomic E-state index is 0.0639. The fourth-order valence-corrected chi connectivity index (χ4v) is 2.89. The van der Waals surface area contributed by atoms with E-state index in [9.17, 15) is 13.2 Å². The molecule has 0 radical (unpaired) electrons. The molecule has 3 heterocycles. The zero-order chi connectivity index (χ0) is 15.6.